The van der Waals surface area contributed by atoms with Crippen LogP contribution in [0.2, 0.25) is 10.0 Å². The van der Waals surface area contributed by atoms with Crippen molar-refractivity contribution in [2.24, 2.45) is 0 Å². The number of methoxy groups -OCH3 is 3. The fourth-order valence-corrected chi connectivity index (χ4v) is 5.72. The van der Waals surface area contributed by atoms with E-state index in [0.717, 1.165) is 4.90 Å². The van der Waals surface area contributed by atoms with Crippen molar-refractivity contribution in [3.8, 4) is 17.2 Å². The summed E-state index contributed by atoms with van der Waals surface area (Å²) in [5.41, 5.74) is 1.79. The van der Waals surface area contributed by atoms with Crippen molar-refractivity contribution in [2.75, 3.05) is 32.0 Å². The van der Waals surface area contributed by atoms with Gasteiger partial charge in [-0.25, -0.2) is 0 Å². The Morgan fingerprint density at radius 2 is 1.41 bits per heavy atom. The summed E-state index contributed by atoms with van der Waals surface area (Å²) in [7, 11) is 4.46. The minimum Gasteiger partial charge on any atom is -0.493 e. The topological polar surface area (TPSA) is 115 Å². The number of amides is 3. The maximum absolute atomic E-state index is 13.6. The van der Waals surface area contributed by atoms with Crippen LogP contribution in [0.5, 0.6) is 17.2 Å². The molecule has 0 aliphatic heterocycles. The van der Waals surface area contributed by atoms with E-state index in [9.17, 15) is 14.4 Å². The van der Waals surface area contributed by atoms with E-state index in [1.54, 1.807) is 85.8 Å². The number of ether oxygens (including phenoxy) is 3. The van der Waals surface area contributed by atoms with Crippen LogP contribution in [0.25, 0.3) is 6.08 Å². The maximum atomic E-state index is 13.6. The highest BCUT2D eigenvalue weighted by atomic mass is 35.5. The second-order valence-electron chi connectivity index (χ2n) is 9.73. The van der Waals surface area contributed by atoms with Gasteiger partial charge in [-0.3, -0.25) is 14.4 Å². The lowest BCUT2D eigenvalue weighted by Gasteiger charge is -2.15. The van der Waals surface area contributed by atoms with E-state index >= 15 is 0 Å². The van der Waals surface area contributed by atoms with E-state index in [2.05, 4.69) is 16.0 Å². The molecule has 1 atom stereocenters. The zero-order chi connectivity index (χ0) is 33.2. The average molecular weight is 681 g/mol. The molecular weight excluding hydrogens is 649 g/mol. The highest BCUT2D eigenvalue weighted by Crippen LogP contribution is 2.38. The molecule has 4 aromatic rings. The van der Waals surface area contributed by atoms with Crippen LogP contribution < -0.4 is 30.2 Å². The fraction of sp³-hybridized carbons (Fsp3) is 0.147. The summed E-state index contributed by atoms with van der Waals surface area (Å²) in [6, 6.07) is 23.7. The number of halogens is 2. The summed E-state index contributed by atoms with van der Waals surface area (Å²) >= 11 is 13.4. The van der Waals surface area contributed by atoms with Crippen molar-refractivity contribution >= 4 is 70.1 Å². The zero-order valence-corrected chi connectivity index (χ0v) is 27.7. The summed E-state index contributed by atoms with van der Waals surface area (Å²) in [6.07, 6.45) is 1.51. The lowest BCUT2D eigenvalue weighted by atomic mass is 10.1. The number of rotatable bonds is 12. The molecule has 1 unspecified atom stereocenters. The van der Waals surface area contributed by atoms with Gasteiger partial charge in [0.25, 0.3) is 11.8 Å². The van der Waals surface area contributed by atoms with Gasteiger partial charge in [0.15, 0.2) is 11.5 Å². The lowest BCUT2D eigenvalue weighted by molar-refractivity contribution is -0.115. The van der Waals surface area contributed by atoms with Crippen molar-refractivity contribution in [3.63, 3.8) is 0 Å². The van der Waals surface area contributed by atoms with E-state index < -0.39 is 17.1 Å². The maximum Gasteiger partial charge on any atom is 0.272 e. The van der Waals surface area contributed by atoms with Crippen LogP contribution in [-0.2, 0) is 9.59 Å². The summed E-state index contributed by atoms with van der Waals surface area (Å²) in [4.78, 5) is 40.3. The Morgan fingerprint density at radius 3 is 2.02 bits per heavy atom. The molecule has 0 aromatic heterocycles. The molecule has 0 radical (unpaired) electrons. The second kappa shape index (κ2) is 16.1. The van der Waals surface area contributed by atoms with Crippen molar-refractivity contribution in [1.82, 2.24) is 5.32 Å². The van der Waals surface area contributed by atoms with Gasteiger partial charge in [0.2, 0.25) is 11.7 Å². The third-order valence-electron chi connectivity index (χ3n) is 6.43. The summed E-state index contributed by atoms with van der Waals surface area (Å²) in [5, 5.41) is 8.69. The van der Waals surface area contributed by atoms with Crippen molar-refractivity contribution < 1.29 is 28.6 Å². The zero-order valence-electron chi connectivity index (χ0n) is 25.4. The van der Waals surface area contributed by atoms with Crippen LogP contribution in [0.1, 0.15) is 22.8 Å². The van der Waals surface area contributed by atoms with Gasteiger partial charge in [-0.05, 0) is 79.2 Å². The molecule has 0 bridgehead atoms. The molecule has 4 rings (SSSR count). The Kier molecular flexibility index (Phi) is 12.0. The minimum absolute atomic E-state index is 0.0332. The van der Waals surface area contributed by atoms with Crippen LogP contribution in [0.15, 0.2) is 95.5 Å². The highest BCUT2D eigenvalue weighted by Gasteiger charge is 2.19. The number of carbonyl (C=O) groups excluding carboxylic acids is 3. The summed E-state index contributed by atoms with van der Waals surface area (Å²) in [5.74, 6) is -0.164. The smallest absolute Gasteiger partial charge is 0.272 e. The number of carbonyl (C=O) groups is 3. The molecule has 0 spiro atoms. The van der Waals surface area contributed by atoms with Crippen molar-refractivity contribution in [2.45, 2.75) is 17.1 Å². The second-order valence-corrected chi connectivity index (χ2v) is 12.0. The van der Waals surface area contributed by atoms with Gasteiger partial charge in [-0.1, -0.05) is 47.5 Å². The van der Waals surface area contributed by atoms with Crippen LogP contribution in [0, 0.1) is 0 Å². The van der Waals surface area contributed by atoms with E-state index in [1.807, 2.05) is 6.07 Å². The third-order valence-corrected chi connectivity index (χ3v) is 7.96. The molecule has 46 heavy (non-hydrogen) atoms. The molecule has 12 heteroatoms. The number of thioether (sulfide) groups is 1. The molecule has 0 aliphatic carbocycles. The average Bonchev–Trinajstić information content (AvgIpc) is 3.03. The van der Waals surface area contributed by atoms with Crippen LogP contribution >= 0.6 is 35.0 Å². The Balaban J connectivity index is 1.56. The van der Waals surface area contributed by atoms with Gasteiger partial charge in [0.05, 0.1) is 26.6 Å². The Bertz CT molecular complexity index is 1720. The van der Waals surface area contributed by atoms with Gasteiger partial charge in [0.1, 0.15) is 5.70 Å². The van der Waals surface area contributed by atoms with Crippen LogP contribution in [0.3, 0.4) is 0 Å². The molecule has 0 saturated carbocycles. The first-order valence-corrected chi connectivity index (χ1v) is 15.5. The molecule has 0 fully saturated rings. The lowest BCUT2D eigenvalue weighted by Crippen LogP contribution is -2.30. The predicted octanol–water partition coefficient (Wildman–Crippen LogP) is 7.55. The number of nitrogens with one attached hydrogen (secondary N) is 3. The minimum atomic E-state index is -0.580. The SMILES string of the molecule is COc1cc(/C=C(/NC(=O)c2ccccc2)C(=O)Nc2cccc(SC(C)C(=O)Nc3cc(Cl)cc(Cl)c3)c2)cc(OC)c1OC. The van der Waals surface area contributed by atoms with Gasteiger partial charge in [-0.2, -0.15) is 0 Å². The number of hydrogen-bond donors (Lipinski definition) is 3. The molecule has 4 aromatic carbocycles. The van der Waals surface area contributed by atoms with E-state index in [4.69, 9.17) is 37.4 Å². The van der Waals surface area contributed by atoms with Gasteiger partial charge < -0.3 is 30.2 Å². The predicted molar refractivity (Wildman–Crippen MR) is 183 cm³/mol. The molecule has 9 nitrogen and oxygen atoms in total. The van der Waals surface area contributed by atoms with Gasteiger partial charge in [0, 0.05) is 31.9 Å². The van der Waals surface area contributed by atoms with Crippen LogP contribution in [-0.4, -0.2) is 44.3 Å². The number of hydrogen-bond acceptors (Lipinski definition) is 7. The molecule has 3 N–H and O–H groups in total. The fourth-order valence-electron chi connectivity index (χ4n) is 4.27. The van der Waals surface area contributed by atoms with E-state index in [-0.39, 0.29) is 11.6 Å². The largest absolute Gasteiger partial charge is 0.493 e. The van der Waals surface area contributed by atoms with Crippen molar-refractivity contribution in [1.29, 1.82) is 0 Å². The molecule has 238 valence electrons. The van der Waals surface area contributed by atoms with Crippen molar-refractivity contribution in [3.05, 3.63) is 112 Å². The summed E-state index contributed by atoms with van der Waals surface area (Å²) < 4.78 is 16.3. The summed E-state index contributed by atoms with van der Waals surface area (Å²) in [6.45, 7) is 1.76. The first-order valence-electron chi connectivity index (χ1n) is 13.8. The Hall–Kier alpha value is -4.64. The first-order chi connectivity index (χ1) is 22.1. The van der Waals surface area contributed by atoms with E-state index in [0.29, 0.717) is 49.8 Å². The van der Waals surface area contributed by atoms with E-state index in [1.165, 1.54) is 39.2 Å². The number of benzene rings is 4. The number of anilines is 2. The monoisotopic (exact) mass is 679 g/mol. The van der Waals surface area contributed by atoms with Gasteiger partial charge >= 0.3 is 0 Å². The molecular formula is C34H31Cl2N3O6S. The first kappa shape index (κ1) is 34.2. The molecule has 0 heterocycles. The molecule has 0 aliphatic rings. The molecule has 3 amide bonds. The van der Waals surface area contributed by atoms with Gasteiger partial charge in [-0.15, -0.1) is 11.8 Å². The Morgan fingerprint density at radius 1 is 0.761 bits per heavy atom. The molecule has 0 saturated heterocycles. The highest BCUT2D eigenvalue weighted by molar-refractivity contribution is 8.00. The third kappa shape index (κ3) is 9.20. The van der Waals surface area contributed by atoms with Crippen LogP contribution in [0.4, 0.5) is 11.4 Å². The normalized spacial score (nSPS) is 11.7. The Labute approximate surface area is 281 Å². The standard InChI is InChI=1S/C34H31Cl2N3O6S/c1-20(32(40)38-26-17-23(35)16-24(36)18-26)46-27-12-8-11-25(19-27)37-34(42)28(39-33(41)22-9-6-5-7-10-22)13-21-14-29(43-2)31(45-4)30(15-21)44-3/h5-20H,1-4H3,(H,37,42)(H,38,40)(H,39,41)/b28-13+. The quantitative estimate of drug-likeness (QED) is 0.105.